The standard InChI is InChI=1S/C17H16ClN3O2/c1-23-9-8-21-16-10-15(7-4-13(16)11-19-21)20-17(22)12-2-5-14(18)6-3-12/h2-7,10-11H,8-9H2,1H3,(H,20,22). The molecule has 1 amide bonds. The van der Waals surface area contributed by atoms with Gasteiger partial charge in [-0.05, 0) is 42.5 Å². The largest absolute Gasteiger partial charge is 0.383 e. The number of aromatic nitrogens is 2. The smallest absolute Gasteiger partial charge is 0.255 e. The van der Waals surface area contributed by atoms with Crippen molar-refractivity contribution in [1.29, 1.82) is 0 Å². The number of ether oxygens (including phenoxy) is 1. The van der Waals surface area contributed by atoms with Gasteiger partial charge in [-0.25, -0.2) is 0 Å². The average molecular weight is 330 g/mol. The first-order valence-corrected chi connectivity index (χ1v) is 7.56. The number of rotatable bonds is 5. The van der Waals surface area contributed by atoms with Gasteiger partial charge in [0.25, 0.3) is 5.91 Å². The third-order valence-corrected chi connectivity index (χ3v) is 3.77. The summed E-state index contributed by atoms with van der Waals surface area (Å²) in [6.45, 7) is 1.24. The first kappa shape index (κ1) is 15.5. The van der Waals surface area contributed by atoms with Crippen LogP contribution in [-0.2, 0) is 11.3 Å². The van der Waals surface area contributed by atoms with Crippen molar-refractivity contribution >= 4 is 34.1 Å². The summed E-state index contributed by atoms with van der Waals surface area (Å²) in [4.78, 5) is 12.3. The van der Waals surface area contributed by atoms with Gasteiger partial charge in [-0.1, -0.05) is 11.6 Å². The Bertz CT molecular complexity index is 827. The molecule has 1 aromatic heterocycles. The lowest BCUT2D eigenvalue weighted by Gasteiger charge is -2.07. The molecule has 3 rings (SSSR count). The van der Waals surface area contributed by atoms with E-state index in [1.807, 2.05) is 22.9 Å². The highest BCUT2D eigenvalue weighted by molar-refractivity contribution is 6.30. The van der Waals surface area contributed by atoms with E-state index < -0.39 is 0 Å². The second kappa shape index (κ2) is 6.81. The molecule has 5 nitrogen and oxygen atoms in total. The van der Waals surface area contributed by atoms with E-state index >= 15 is 0 Å². The number of methoxy groups -OCH3 is 1. The summed E-state index contributed by atoms with van der Waals surface area (Å²) < 4.78 is 6.94. The Kier molecular flexibility index (Phi) is 4.60. The molecule has 0 atom stereocenters. The molecular formula is C17H16ClN3O2. The zero-order chi connectivity index (χ0) is 16.2. The second-order valence-electron chi connectivity index (χ2n) is 5.10. The fraction of sp³-hybridized carbons (Fsp3) is 0.176. The molecule has 0 saturated heterocycles. The van der Waals surface area contributed by atoms with Crippen molar-refractivity contribution < 1.29 is 9.53 Å². The monoisotopic (exact) mass is 329 g/mol. The summed E-state index contributed by atoms with van der Waals surface area (Å²) in [6.07, 6.45) is 1.80. The normalized spacial score (nSPS) is 10.9. The molecule has 1 N–H and O–H groups in total. The van der Waals surface area contributed by atoms with Crippen molar-refractivity contribution in [2.75, 3.05) is 19.0 Å². The summed E-state index contributed by atoms with van der Waals surface area (Å²) in [5, 5.41) is 8.84. The Balaban J connectivity index is 1.82. The lowest BCUT2D eigenvalue weighted by Crippen LogP contribution is -2.12. The number of fused-ring (bicyclic) bond motifs is 1. The summed E-state index contributed by atoms with van der Waals surface area (Å²) in [5.41, 5.74) is 2.23. The van der Waals surface area contributed by atoms with E-state index in [0.717, 1.165) is 16.6 Å². The second-order valence-corrected chi connectivity index (χ2v) is 5.53. The Morgan fingerprint density at radius 3 is 2.78 bits per heavy atom. The van der Waals surface area contributed by atoms with Gasteiger partial charge in [0.2, 0.25) is 0 Å². The molecule has 6 heteroatoms. The molecule has 0 aliphatic heterocycles. The maximum atomic E-state index is 12.3. The van der Waals surface area contributed by atoms with Gasteiger partial charge in [-0.2, -0.15) is 5.10 Å². The van der Waals surface area contributed by atoms with Gasteiger partial charge in [0, 0.05) is 28.8 Å². The van der Waals surface area contributed by atoms with Crippen LogP contribution in [0.5, 0.6) is 0 Å². The molecule has 0 bridgehead atoms. The Morgan fingerprint density at radius 1 is 1.26 bits per heavy atom. The Labute approximate surface area is 138 Å². The van der Waals surface area contributed by atoms with Crippen LogP contribution in [0.3, 0.4) is 0 Å². The van der Waals surface area contributed by atoms with Crippen LogP contribution in [0.1, 0.15) is 10.4 Å². The maximum absolute atomic E-state index is 12.3. The highest BCUT2D eigenvalue weighted by Gasteiger charge is 2.08. The van der Waals surface area contributed by atoms with Crippen LogP contribution in [0.4, 0.5) is 5.69 Å². The van der Waals surface area contributed by atoms with E-state index in [1.54, 1.807) is 37.6 Å². The number of halogens is 1. The van der Waals surface area contributed by atoms with Gasteiger partial charge in [0.1, 0.15) is 0 Å². The molecule has 2 aromatic carbocycles. The molecule has 0 aliphatic carbocycles. The number of nitrogens with one attached hydrogen (secondary N) is 1. The SMILES string of the molecule is COCCn1ncc2ccc(NC(=O)c3ccc(Cl)cc3)cc21. The number of hydrogen-bond acceptors (Lipinski definition) is 3. The number of anilines is 1. The number of nitrogens with zero attached hydrogens (tertiary/aromatic N) is 2. The zero-order valence-corrected chi connectivity index (χ0v) is 13.4. The fourth-order valence-electron chi connectivity index (χ4n) is 2.31. The molecule has 118 valence electrons. The lowest BCUT2D eigenvalue weighted by molar-refractivity contribution is 0.102. The molecule has 0 aliphatic rings. The number of carbonyl (C=O) groups is 1. The van der Waals surface area contributed by atoms with Crippen molar-refractivity contribution in [1.82, 2.24) is 9.78 Å². The maximum Gasteiger partial charge on any atom is 0.255 e. The van der Waals surface area contributed by atoms with Crippen LogP contribution in [0.15, 0.2) is 48.7 Å². The molecule has 3 aromatic rings. The topological polar surface area (TPSA) is 56.1 Å². The number of carbonyl (C=O) groups excluding carboxylic acids is 1. The summed E-state index contributed by atoms with van der Waals surface area (Å²) in [7, 11) is 1.66. The summed E-state index contributed by atoms with van der Waals surface area (Å²) in [6, 6.07) is 12.5. The number of benzene rings is 2. The molecule has 0 unspecified atom stereocenters. The van der Waals surface area contributed by atoms with E-state index in [2.05, 4.69) is 10.4 Å². The van der Waals surface area contributed by atoms with Gasteiger partial charge in [0.05, 0.1) is 24.9 Å². The summed E-state index contributed by atoms with van der Waals surface area (Å²) >= 11 is 5.84. The third-order valence-electron chi connectivity index (χ3n) is 3.52. The molecule has 0 fully saturated rings. The van der Waals surface area contributed by atoms with Crippen molar-refractivity contribution in [3.63, 3.8) is 0 Å². The van der Waals surface area contributed by atoms with Crippen molar-refractivity contribution in [2.45, 2.75) is 6.54 Å². The van der Waals surface area contributed by atoms with Gasteiger partial charge < -0.3 is 10.1 Å². The third kappa shape index (κ3) is 3.52. The predicted octanol–water partition coefficient (Wildman–Crippen LogP) is 3.59. The van der Waals surface area contributed by atoms with E-state index in [-0.39, 0.29) is 5.91 Å². The van der Waals surface area contributed by atoms with Gasteiger partial charge in [-0.15, -0.1) is 0 Å². The number of hydrogen-bond donors (Lipinski definition) is 1. The molecule has 0 saturated carbocycles. The van der Waals surface area contributed by atoms with Crippen LogP contribution >= 0.6 is 11.6 Å². The minimum atomic E-state index is -0.177. The van der Waals surface area contributed by atoms with Gasteiger partial charge in [-0.3, -0.25) is 9.48 Å². The van der Waals surface area contributed by atoms with E-state index in [1.165, 1.54) is 0 Å². The highest BCUT2D eigenvalue weighted by atomic mass is 35.5. The predicted molar refractivity (Wildman–Crippen MR) is 91.0 cm³/mol. The number of amides is 1. The van der Waals surface area contributed by atoms with Crippen molar-refractivity contribution in [2.24, 2.45) is 0 Å². The van der Waals surface area contributed by atoms with Gasteiger partial charge >= 0.3 is 0 Å². The van der Waals surface area contributed by atoms with E-state index in [4.69, 9.17) is 16.3 Å². The first-order chi connectivity index (χ1) is 11.2. The molecule has 0 radical (unpaired) electrons. The molecular weight excluding hydrogens is 314 g/mol. The minimum absolute atomic E-state index is 0.177. The van der Waals surface area contributed by atoms with Crippen molar-refractivity contribution in [3.05, 3.63) is 59.2 Å². The fourth-order valence-corrected chi connectivity index (χ4v) is 2.43. The van der Waals surface area contributed by atoms with E-state index in [0.29, 0.717) is 23.7 Å². The molecule has 1 heterocycles. The Hall–Kier alpha value is -2.37. The summed E-state index contributed by atoms with van der Waals surface area (Å²) in [5.74, 6) is -0.177. The molecule has 0 spiro atoms. The van der Waals surface area contributed by atoms with E-state index in [9.17, 15) is 4.79 Å². The van der Waals surface area contributed by atoms with Gasteiger partial charge in [0.15, 0.2) is 0 Å². The first-order valence-electron chi connectivity index (χ1n) is 7.19. The Morgan fingerprint density at radius 2 is 2.04 bits per heavy atom. The minimum Gasteiger partial charge on any atom is -0.383 e. The van der Waals surface area contributed by atoms with Crippen molar-refractivity contribution in [3.8, 4) is 0 Å². The van der Waals surface area contributed by atoms with Crippen LogP contribution in [0.2, 0.25) is 5.02 Å². The zero-order valence-electron chi connectivity index (χ0n) is 12.6. The highest BCUT2D eigenvalue weighted by Crippen LogP contribution is 2.20. The van der Waals surface area contributed by atoms with Crippen LogP contribution in [0, 0.1) is 0 Å². The lowest BCUT2D eigenvalue weighted by atomic mass is 10.2. The quantitative estimate of drug-likeness (QED) is 0.778. The van der Waals surface area contributed by atoms with Crippen LogP contribution in [0.25, 0.3) is 10.9 Å². The molecule has 23 heavy (non-hydrogen) atoms. The van der Waals surface area contributed by atoms with Crippen LogP contribution in [-0.4, -0.2) is 29.4 Å². The average Bonchev–Trinajstić information content (AvgIpc) is 2.96. The van der Waals surface area contributed by atoms with Crippen LogP contribution < -0.4 is 5.32 Å².